The molecule has 0 aliphatic carbocycles. The average Bonchev–Trinajstić information content (AvgIpc) is 3.19. The summed E-state index contributed by atoms with van der Waals surface area (Å²) in [5.41, 5.74) is -0.964. The lowest BCUT2D eigenvalue weighted by atomic mass is 9.78. The summed E-state index contributed by atoms with van der Waals surface area (Å²) in [4.78, 5) is 46.4. The van der Waals surface area contributed by atoms with E-state index in [0.29, 0.717) is 5.56 Å². The van der Waals surface area contributed by atoms with E-state index in [9.17, 15) is 34.8 Å². The third-order valence-corrected chi connectivity index (χ3v) is 11.5. The summed E-state index contributed by atoms with van der Waals surface area (Å²) in [5, 5.41) is 47.9. The van der Waals surface area contributed by atoms with E-state index in [-0.39, 0.29) is 67.0 Å². The van der Waals surface area contributed by atoms with Crippen molar-refractivity contribution in [2.75, 3.05) is 12.4 Å². The topological polar surface area (TPSA) is 198 Å². The van der Waals surface area contributed by atoms with Crippen LogP contribution in [0.3, 0.4) is 0 Å². The number of aromatic nitrogens is 1. The minimum absolute atomic E-state index is 0.0419. The summed E-state index contributed by atoms with van der Waals surface area (Å²) in [6.45, 7) is 16.2. The Kier molecular flexibility index (Phi) is 13.7. The van der Waals surface area contributed by atoms with Crippen LogP contribution in [0.5, 0.6) is 11.5 Å². The van der Waals surface area contributed by atoms with Crippen LogP contribution in [0.25, 0.3) is 33.0 Å². The average molecular weight is 819 g/mol. The summed E-state index contributed by atoms with van der Waals surface area (Å²) < 4.78 is 39.3. The molecular formula is C45H55FN2O11. The Morgan fingerprint density at radius 2 is 1.59 bits per heavy atom. The molecule has 9 atom stereocenters. The normalized spacial score (nSPS) is 28.5. The van der Waals surface area contributed by atoms with Crippen molar-refractivity contribution < 1.29 is 53.0 Å². The van der Waals surface area contributed by atoms with E-state index >= 15 is 4.39 Å². The Labute approximate surface area is 342 Å². The van der Waals surface area contributed by atoms with Crippen molar-refractivity contribution in [1.82, 2.24) is 4.98 Å². The van der Waals surface area contributed by atoms with Crippen LogP contribution >= 0.6 is 0 Å². The number of methoxy groups -OCH3 is 1. The van der Waals surface area contributed by atoms with E-state index in [2.05, 4.69) is 5.32 Å². The Balaban J connectivity index is 1.80. The zero-order valence-corrected chi connectivity index (χ0v) is 35.3. The highest BCUT2D eigenvalue weighted by Crippen LogP contribution is 2.45. The fourth-order valence-electron chi connectivity index (χ4n) is 7.67. The SMILES string of the molecule is CO[C@H]1/C=C/O[C@@H](C)Oc2c(C)c(=O)c3c(O)c(c4oc5cc(C(C)C)c(F)cc5nc4c3c2C(C)=O)NC(=O)/C(C)=C\C=C\[C@H](C)[C@H](O)[C@@H](C)[C@@H](O)[C@@H](C)[C@H](O)[C@@H]1C. The van der Waals surface area contributed by atoms with E-state index in [1.165, 1.54) is 59.3 Å². The highest BCUT2D eigenvalue weighted by Gasteiger charge is 2.37. The van der Waals surface area contributed by atoms with Crippen LogP contribution in [-0.2, 0) is 14.3 Å². The van der Waals surface area contributed by atoms with Gasteiger partial charge in [-0.2, -0.15) is 0 Å². The van der Waals surface area contributed by atoms with Gasteiger partial charge in [-0.1, -0.05) is 59.8 Å². The third kappa shape index (κ3) is 8.77. The molecule has 6 rings (SSSR count). The number of rotatable bonds is 3. The van der Waals surface area contributed by atoms with Gasteiger partial charge in [0.2, 0.25) is 6.29 Å². The van der Waals surface area contributed by atoms with Crippen LogP contribution in [0.4, 0.5) is 10.1 Å². The molecule has 4 aromatic rings. The van der Waals surface area contributed by atoms with Gasteiger partial charge in [-0.3, -0.25) is 14.4 Å². The highest BCUT2D eigenvalue weighted by molar-refractivity contribution is 6.24. The lowest BCUT2D eigenvalue weighted by Gasteiger charge is -2.36. The van der Waals surface area contributed by atoms with Crippen molar-refractivity contribution in [2.24, 2.45) is 23.7 Å². The number of allylic oxidation sites excluding steroid dienone is 2. The Morgan fingerprint density at radius 1 is 0.949 bits per heavy atom. The molecule has 4 bridgehead atoms. The first-order chi connectivity index (χ1) is 27.7. The standard InChI is InChI=1S/C45H55FN2O11/c1-19(2)28-17-32-30(18-29(28)46)47-36-34-33(26(9)49)43-25(8)41(53)35(34)42(54)37(44(36)59-32)48-45(55)21(4)14-12-13-20(3)38(50)23(6)40(52)24(7)39(51)22(5)31(56-11)15-16-57-27(10)58-43/h12-20,22-24,27,31,38-40,50-52,54H,1-11H3,(H,48,55)/b13-12+,16-15+,21-14-/t20-,22+,23+,24-,27+,31-,38-,39+,40+/m0/s1. The molecule has 0 unspecified atom stereocenters. The van der Waals surface area contributed by atoms with E-state index in [1.54, 1.807) is 59.8 Å². The highest BCUT2D eigenvalue weighted by atomic mass is 19.1. The second-order valence-corrected chi connectivity index (χ2v) is 16.0. The number of carbonyl (C=O) groups excluding carboxylic acids is 2. The number of hydrogen-bond donors (Lipinski definition) is 5. The molecule has 0 saturated carbocycles. The van der Waals surface area contributed by atoms with E-state index in [4.69, 9.17) is 23.6 Å². The number of phenols is 1. The molecule has 0 radical (unpaired) electrons. The van der Waals surface area contributed by atoms with Gasteiger partial charge in [-0.15, -0.1) is 0 Å². The number of aromatic hydroxyl groups is 1. The summed E-state index contributed by atoms with van der Waals surface area (Å²) in [7, 11) is 1.45. The number of phenolic OH excluding ortho intramolecular Hbond substituents is 1. The van der Waals surface area contributed by atoms with E-state index in [1.807, 2.05) is 0 Å². The molecule has 3 heterocycles. The van der Waals surface area contributed by atoms with Gasteiger partial charge < -0.3 is 44.4 Å². The quantitative estimate of drug-likeness (QED) is 0.0599. The van der Waals surface area contributed by atoms with Crippen LogP contribution in [0.2, 0.25) is 0 Å². The second-order valence-electron chi connectivity index (χ2n) is 16.0. The molecule has 3 aromatic carbocycles. The predicted octanol–water partition coefficient (Wildman–Crippen LogP) is 7.33. The van der Waals surface area contributed by atoms with E-state index in [0.717, 1.165) is 0 Å². The Morgan fingerprint density at radius 3 is 2.22 bits per heavy atom. The number of ketones is 1. The molecular weight excluding hydrogens is 763 g/mol. The molecule has 0 fully saturated rings. The van der Waals surface area contributed by atoms with Gasteiger partial charge in [0.05, 0.1) is 41.6 Å². The van der Waals surface area contributed by atoms with Crippen molar-refractivity contribution in [3.05, 3.63) is 81.0 Å². The van der Waals surface area contributed by atoms with Crippen LogP contribution in [0.1, 0.15) is 89.7 Å². The van der Waals surface area contributed by atoms with Crippen molar-refractivity contribution in [2.45, 2.75) is 106 Å². The van der Waals surface area contributed by atoms with Crippen LogP contribution in [-0.4, -0.2) is 74.9 Å². The van der Waals surface area contributed by atoms with Crippen molar-refractivity contribution >= 4 is 50.3 Å². The summed E-state index contributed by atoms with van der Waals surface area (Å²) in [6.07, 6.45) is 2.54. The maximum atomic E-state index is 15.4. The molecule has 318 valence electrons. The first-order valence-electron chi connectivity index (χ1n) is 19.7. The molecule has 0 spiro atoms. The maximum Gasteiger partial charge on any atom is 0.251 e. The molecule has 59 heavy (non-hydrogen) atoms. The zero-order valence-electron chi connectivity index (χ0n) is 35.3. The molecule has 1 amide bonds. The number of aliphatic hydroxyl groups is 3. The van der Waals surface area contributed by atoms with E-state index < -0.39 is 83.1 Å². The summed E-state index contributed by atoms with van der Waals surface area (Å²) >= 11 is 0. The first-order valence-corrected chi connectivity index (χ1v) is 19.7. The largest absolute Gasteiger partial charge is 0.505 e. The molecule has 0 saturated heterocycles. The van der Waals surface area contributed by atoms with Crippen molar-refractivity contribution in [3.8, 4) is 11.5 Å². The number of aliphatic hydroxyl groups excluding tert-OH is 3. The summed E-state index contributed by atoms with van der Waals surface area (Å²) in [5.74, 6) is -5.33. The number of nitrogens with one attached hydrogen (secondary N) is 1. The Bertz CT molecular complexity index is 2420. The third-order valence-electron chi connectivity index (χ3n) is 11.5. The minimum Gasteiger partial charge on any atom is -0.505 e. The van der Waals surface area contributed by atoms with Gasteiger partial charge in [-0.25, -0.2) is 9.37 Å². The van der Waals surface area contributed by atoms with Crippen LogP contribution in [0.15, 0.2) is 57.5 Å². The van der Waals surface area contributed by atoms with Gasteiger partial charge in [0, 0.05) is 60.3 Å². The van der Waals surface area contributed by atoms with Gasteiger partial charge in [-0.05, 0) is 44.4 Å². The van der Waals surface area contributed by atoms with Gasteiger partial charge >= 0.3 is 0 Å². The predicted molar refractivity (Wildman–Crippen MR) is 223 cm³/mol. The van der Waals surface area contributed by atoms with Crippen LogP contribution < -0.4 is 15.5 Å². The number of nitrogens with zero attached hydrogens (tertiary/aromatic N) is 1. The number of carbonyl (C=O) groups is 2. The number of halogens is 1. The zero-order chi connectivity index (χ0) is 43.8. The number of Topliss-reactive ketones (excluding diaryl/α,β-unsaturated/α-hetero) is 1. The maximum absolute atomic E-state index is 15.4. The molecule has 5 N–H and O–H groups in total. The first kappa shape index (κ1) is 44.9. The second kappa shape index (κ2) is 18.0. The monoisotopic (exact) mass is 818 g/mol. The molecule has 2 aliphatic rings. The fourth-order valence-corrected chi connectivity index (χ4v) is 7.67. The van der Waals surface area contributed by atoms with Gasteiger partial charge in [0.15, 0.2) is 28.1 Å². The minimum atomic E-state index is -1.12. The molecule has 2 aliphatic heterocycles. The lowest BCUT2D eigenvalue weighted by molar-refractivity contribution is -0.112. The fraction of sp³-hybridized carbons (Fsp3) is 0.467. The smallest absolute Gasteiger partial charge is 0.251 e. The number of hydrogen-bond acceptors (Lipinski definition) is 12. The number of benzene rings is 3. The summed E-state index contributed by atoms with van der Waals surface area (Å²) in [6, 6.07) is 2.65. The van der Waals surface area contributed by atoms with Gasteiger partial charge in [0.1, 0.15) is 28.3 Å². The number of ether oxygens (including phenoxy) is 3. The number of anilines is 1. The molecule has 13 nitrogen and oxygen atoms in total. The number of amides is 1. The lowest BCUT2D eigenvalue weighted by Crippen LogP contribution is -2.44. The number of fused-ring (bicyclic) bond motifs is 17. The van der Waals surface area contributed by atoms with Crippen molar-refractivity contribution in [3.63, 3.8) is 0 Å². The van der Waals surface area contributed by atoms with Crippen molar-refractivity contribution in [1.29, 1.82) is 0 Å². The Hall–Kier alpha value is -5.15. The molecule has 1 aromatic heterocycles. The molecule has 14 heteroatoms. The van der Waals surface area contributed by atoms with Gasteiger partial charge in [0.25, 0.3) is 5.91 Å². The van der Waals surface area contributed by atoms with Crippen LogP contribution in [0, 0.1) is 36.4 Å².